The Balaban J connectivity index is 2.42. The Hall–Kier alpha value is -1.26. The van der Waals surface area contributed by atoms with E-state index in [1.165, 1.54) is 16.8 Å². The van der Waals surface area contributed by atoms with Crippen molar-refractivity contribution in [2.24, 2.45) is 0 Å². The maximum atomic E-state index is 12.4. The molecule has 0 amide bonds. The molecule has 8 nitrogen and oxygen atoms in total. The first kappa shape index (κ1) is 23.0. The van der Waals surface area contributed by atoms with Gasteiger partial charge in [0.05, 0.1) is 17.8 Å². The zero-order valence-electron chi connectivity index (χ0n) is 18.1. The average Bonchev–Trinajstić information content (AvgIpc) is 2.80. The molecular formula is C19H34N2O6Si. The van der Waals surface area contributed by atoms with Crippen LogP contribution in [0.1, 0.15) is 47.8 Å². The maximum Gasteiger partial charge on any atom is 0.330 e. The summed E-state index contributed by atoms with van der Waals surface area (Å²) >= 11 is 0. The molecule has 1 N–H and O–H groups in total. The van der Waals surface area contributed by atoms with Crippen LogP contribution in [0.25, 0.3) is 0 Å². The van der Waals surface area contributed by atoms with Crippen LogP contribution in [0.3, 0.4) is 0 Å². The van der Waals surface area contributed by atoms with Crippen LogP contribution < -0.4 is 11.2 Å². The number of H-pyrrole nitrogens is 1. The Labute approximate surface area is 167 Å². The van der Waals surface area contributed by atoms with Crippen molar-refractivity contribution in [1.29, 1.82) is 0 Å². The van der Waals surface area contributed by atoms with E-state index in [2.05, 4.69) is 18.1 Å². The first-order valence-corrected chi connectivity index (χ1v) is 12.5. The SMILES string of the molecule is C[SiH](C)O[C@@H]1[C@@H](OC(C)(C)C)[C@H](n2ccc(=O)[nH]c2=O)O[C@@H]1COC(C)(C)C. The highest BCUT2D eigenvalue weighted by molar-refractivity contribution is 6.48. The normalized spacial score (nSPS) is 26.2. The van der Waals surface area contributed by atoms with Gasteiger partial charge < -0.3 is 18.6 Å². The van der Waals surface area contributed by atoms with E-state index < -0.39 is 44.3 Å². The molecule has 9 heteroatoms. The summed E-state index contributed by atoms with van der Waals surface area (Å²) < 4.78 is 26.1. The Morgan fingerprint density at radius 1 is 1.11 bits per heavy atom. The Bertz CT molecular complexity index is 761. The van der Waals surface area contributed by atoms with Gasteiger partial charge in [-0.3, -0.25) is 14.3 Å². The second kappa shape index (κ2) is 8.62. The smallest absolute Gasteiger partial charge is 0.330 e. The number of aromatic nitrogens is 2. The molecule has 1 saturated heterocycles. The molecule has 0 aromatic carbocycles. The molecular weight excluding hydrogens is 380 g/mol. The third-order valence-electron chi connectivity index (χ3n) is 4.01. The van der Waals surface area contributed by atoms with E-state index in [9.17, 15) is 9.59 Å². The van der Waals surface area contributed by atoms with Crippen LogP contribution in [0.4, 0.5) is 0 Å². The first-order chi connectivity index (χ1) is 12.8. The van der Waals surface area contributed by atoms with Crippen molar-refractivity contribution in [2.75, 3.05) is 6.61 Å². The van der Waals surface area contributed by atoms with Gasteiger partial charge in [0.2, 0.25) is 0 Å². The highest BCUT2D eigenvalue weighted by Crippen LogP contribution is 2.36. The number of ether oxygens (including phenoxy) is 3. The fraction of sp³-hybridized carbons (Fsp3) is 0.789. The summed E-state index contributed by atoms with van der Waals surface area (Å²) in [5.41, 5.74) is -1.81. The van der Waals surface area contributed by atoms with Gasteiger partial charge in [0.25, 0.3) is 5.56 Å². The van der Waals surface area contributed by atoms with E-state index in [0.717, 1.165) is 0 Å². The van der Waals surface area contributed by atoms with Crippen LogP contribution in [-0.4, -0.2) is 54.7 Å². The monoisotopic (exact) mass is 414 g/mol. The lowest BCUT2D eigenvalue weighted by Gasteiger charge is -2.33. The average molecular weight is 415 g/mol. The van der Waals surface area contributed by atoms with Gasteiger partial charge in [-0.1, -0.05) is 0 Å². The number of nitrogens with zero attached hydrogens (tertiary/aromatic N) is 1. The molecule has 4 atom stereocenters. The van der Waals surface area contributed by atoms with Crippen molar-refractivity contribution < 1.29 is 18.6 Å². The number of aromatic amines is 1. The number of hydrogen-bond donors (Lipinski definition) is 1. The molecule has 0 bridgehead atoms. The largest absolute Gasteiger partial charge is 0.412 e. The molecule has 0 radical (unpaired) electrons. The van der Waals surface area contributed by atoms with Crippen molar-refractivity contribution in [3.63, 3.8) is 0 Å². The summed E-state index contributed by atoms with van der Waals surface area (Å²) in [5.74, 6) is 0. The van der Waals surface area contributed by atoms with Crippen LogP contribution in [0.15, 0.2) is 21.9 Å². The highest BCUT2D eigenvalue weighted by Gasteiger charge is 2.49. The number of rotatable bonds is 6. The number of hydrogen-bond acceptors (Lipinski definition) is 6. The molecule has 1 aliphatic rings. The molecule has 1 aromatic heterocycles. The van der Waals surface area contributed by atoms with Crippen LogP contribution in [0, 0.1) is 0 Å². The van der Waals surface area contributed by atoms with Crippen molar-refractivity contribution >= 4 is 9.04 Å². The van der Waals surface area contributed by atoms with Gasteiger partial charge in [0, 0.05) is 12.3 Å². The quantitative estimate of drug-likeness (QED) is 0.714. The lowest BCUT2D eigenvalue weighted by atomic mass is 10.1. The molecule has 0 unspecified atom stereocenters. The standard InChI is InChI=1S/C19H34N2O6Si/c1-18(2,3)24-11-12-14(27-28(7)8)15(26-19(4,5)6)16(25-12)21-10-9-13(22)20-17(21)23/h9-10,12,14-16,28H,11H2,1-8H3,(H,20,22,23)/t12-,14+,15-,16-/m1/s1. The summed E-state index contributed by atoms with van der Waals surface area (Å²) in [6, 6.07) is 1.30. The van der Waals surface area contributed by atoms with Gasteiger partial charge in [-0.2, -0.15) is 0 Å². The lowest BCUT2D eigenvalue weighted by molar-refractivity contribution is -0.130. The third kappa shape index (κ3) is 6.38. The van der Waals surface area contributed by atoms with Crippen LogP contribution in [0.2, 0.25) is 13.1 Å². The molecule has 0 spiro atoms. The van der Waals surface area contributed by atoms with E-state index in [1.54, 1.807) is 0 Å². The summed E-state index contributed by atoms with van der Waals surface area (Å²) in [6.45, 7) is 16.2. The van der Waals surface area contributed by atoms with E-state index >= 15 is 0 Å². The molecule has 1 fully saturated rings. The molecule has 0 saturated carbocycles. The second-order valence-corrected chi connectivity index (χ2v) is 11.7. The summed E-state index contributed by atoms with van der Waals surface area (Å²) in [6.07, 6.45) is -0.592. The predicted molar refractivity (Wildman–Crippen MR) is 109 cm³/mol. The second-order valence-electron chi connectivity index (χ2n) is 9.35. The minimum atomic E-state index is -1.44. The molecule has 2 rings (SSSR count). The third-order valence-corrected chi connectivity index (χ3v) is 4.87. The van der Waals surface area contributed by atoms with Crippen LogP contribution in [-0.2, 0) is 18.6 Å². The topological polar surface area (TPSA) is 91.8 Å². The maximum absolute atomic E-state index is 12.4. The molecule has 160 valence electrons. The Morgan fingerprint density at radius 3 is 2.25 bits per heavy atom. The Morgan fingerprint density at radius 2 is 1.75 bits per heavy atom. The van der Waals surface area contributed by atoms with Gasteiger partial charge >= 0.3 is 5.69 Å². The van der Waals surface area contributed by atoms with Crippen molar-refractivity contribution in [2.45, 2.75) is 90.4 Å². The van der Waals surface area contributed by atoms with Gasteiger partial charge in [-0.05, 0) is 54.6 Å². The minimum absolute atomic E-state index is 0.313. The van der Waals surface area contributed by atoms with E-state index in [1.807, 2.05) is 41.5 Å². The molecule has 28 heavy (non-hydrogen) atoms. The van der Waals surface area contributed by atoms with E-state index in [0.29, 0.717) is 6.61 Å². The van der Waals surface area contributed by atoms with Gasteiger partial charge in [-0.25, -0.2) is 4.79 Å². The molecule has 1 aliphatic heterocycles. The molecule has 2 heterocycles. The van der Waals surface area contributed by atoms with Crippen LogP contribution in [0.5, 0.6) is 0 Å². The fourth-order valence-electron chi connectivity index (χ4n) is 3.04. The van der Waals surface area contributed by atoms with E-state index in [4.69, 9.17) is 18.6 Å². The summed E-state index contributed by atoms with van der Waals surface area (Å²) in [7, 11) is -1.44. The highest BCUT2D eigenvalue weighted by atomic mass is 28.3. The van der Waals surface area contributed by atoms with Crippen LogP contribution >= 0.6 is 0 Å². The zero-order valence-corrected chi connectivity index (χ0v) is 19.3. The fourth-order valence-corrected chi connectivity index (χ4v) is 4.00. The van der Waals surface area contributed by atoms with Gasteiger partial charge in [0.1, 0.15) is 18.3 Å². The summed E-state index contributed by atoms with van der Waals surface area (Å²) in [5, 5.41) is 0. The molecule has 0 aliphatic carbocycles. The first-order valence-electron chi connectivity index (χ1n) is 9.71. The summed E-state index contributed by atoms with van der Waals surface area (Å²) in [4.78, 5) is 26.2. The predicted octanol–water partition coefficient (Wildman–Crippen LogP) is 1.80. The molecule has 1 aromatic rings. The number of nitrogens with one attached hydrogen (secondary N) is 1. The Kier molecular flexibility index (Phi) is 7.09. The zero-order chi connectivity index (χ0) is 21.3. The van der Waals surface area contributed by atoms with Crippen molar-refractivity contribution in [1.82, 2.24) is 9.55 Å². The van der Waals surface area contributed by atoms with Crippen molar-refractivity contribution in [3.8, 4) is 0 Å². The minimum Gasteiger partial charge on any atom is -0.412 e. The van der Waals surface area contributed by atoms with Gasteiger partial charge in [-0.15, -0.1) is 0 Å². The van der Waals surface area contributed by atoms with Gasteiger partial charge in [0.15, 0.2) is 15.3 Å². The van der Waals surface area contributed by atoms with E-state index in [-0.39, 0.29) is 11.7 Å². The van der Waals surface area contributed by atoms with Crippen molar-refractivity contribution in [3.05, 3.63) is 33.1 Å². The lowest BCUT2D eigenvalue weighted by Crippen LogP contribution is -2.45.